The van der Waals surface area contributed by atoms with Crippen LogP contribution in [0, 0.1) is 0 Å². The van der Waals surface area contributed by atoms with Gasteiger partial charge in [-0.25, -0.2) is 4.98 Å². The third kappa shape index (κ3) is 3.58. The molecule has 0 radical (unpaired) electrons. The lowest BCUT2D eigenvalue weighted by atomic mass is 10.2. The van der Waals surface area contributed by atoms with E-state index in [9.17, 15) is 9.59 Å². The summed E-state index contributed by atoms with van der Waals surface area (Å²) < 4.78 is 13.2. The van der Waals surface area contributed by atoms with Crippen LogP contribution in [0.1, 0.15) is 0 Å². The molecule has 0 atom stereocenters. The molecule has 10 heteroatoms. The molecule has 0 saturated carbocycles. The number of methoxy groups -OCH3 is 2. The number of para-hydroxylation sites is 1. The van der Waals surface area contributed by atoms with Crippen molar-refractivity contribution in [1.82, 2.24) is 24.5 Å². The number of benzene rings is 2. The van der Waals surface area contributed by atoms with E-state index in [4.69, 9.17) is 9.47 Å². The molecule has 4 aromatic rings. The quantitative estimate of drug-likeness (QED) is 0.518. The van der Waals surface area contributed by atoms with Gasteiger partial charge in [0.25, 0.3) is 5.56 Å². The summed E-state index contributed by atoms with van der Waals surface area (Å²) in [5, 5.41) is 10.7. The molecule has 0 spiro atoms. The van der Waals surface area contributed by atoms with Gasteiger partial charge in [0, 0.05) is 11.8 Å². The third-order valence-electron chi connectivity index (χ3n) is 4.41. The summed E-state index contributed by atoms with van der Waals surface area (Å²) in [6.45, 7) is -0.195. The van der Waals surface area contributed by atoms with Crippen LogP contribution in [0.4, 0.5) is 5.69 Å². The maximum atomic E-state index is 12.8. The Bertz CT molecular complexity index is 1270. The number of carbonyl (C=O) groups excluding carboxylic acids is 1. The average molecular weight is 406 g/mol. The Morgan fingerprint density at radius 3 is 2.57 bits per heavy atom. The molecule has 1 N–H and O–H groups in total. The normalized spacial score (nSPS) is 10.7. The number of rotatable bonds is 6. The van der Waals surface area contributed by atoms with Gasteiger partial charge in [0.1, 0.15) is 12.9 Å². The van der Waals surface area contributed by atoms with Gasteiger partial charge in [0.2, 0.25) is 5.91 Å². The smallest absolute Gasteiger partial charge is 0.284 e. The number of amides is 1. The zero-order valence-electron chi connectivity index (χ0n) is 16.3. The van der Waals surface area contributed by atoms with Crippen molar-refractivity contribution in [3.05, 3.63) is 65.2 Å². The zero-order chi connectivity index (χ0) is 21.1. The Morgan fingerprint density at radius 2 is 1.83 bits per heavy atom. The molecule has 0 saturated heterocycles. The van der Waals surface area contributed by atoms with Gasteiger partial charge in [-0.2, -0.15) is 4.68 Å². The van der Waals surface area contributed by atoms with Gasteiger partial charge in [-0.1, -0.05) is 23.4 Å². The van der Waals surface area contributed by atoms with Gasteiger partial charge < -0.3 is 14.8 Å². The summed E-state index contributed by atoms with van der Waals surface area (Å²) in [4.78, 5) is 29.3. The van der Waals surface area contributed by atoms with E-state index >= 15 is 0 Å². The van der Waals surface area contributed by atoms with Gasteiger partial charge in [0.05, 0.1) is 19.9 Å². The van der Waals surface area contributed by atoms with Gasteiger partial charge in [-0.05, 0) is 24.3 Å². The van der Waals surface area contributed by atoms with Crippen molar-refractivity contribution in [2.75, 3.05) is 19.5 Å². The van der Waals surface area contributed by atoms with Crippen LogP contribution in [-0.2, 0) is 11.3 Å². The SMILES string of the molecule is COc1ccc(-n2nnc3c(=O)n(CC(=O)Nc4ccccc4)cnc32)cc1OC. The largest absolute Gasteiger partial charge is 0.493 e. The van der Waals surface area contributed by atoms with Crippen molar-refractivity contribution in [2.24, 2.45) is 0 Å². The highest BCUT2D eigenvalue weighted by Crippen LogP contribution is 2.29. The lowest BCUT2D eigenvalue weighted by Gasteiger charge is -2.09. The zero-order valence-corrected chi connectivity index (χ0v) is 16.3. The van der Waals surface area contributed by atoms with Crippen molar-refractivity contribution in [1.29, 1.82) is 0 Å². The van der Waals surface area contributed by atoms with Crippen LogP contribution in [0.15, 0.2) is 59.7 Å². The number of hydrogen-bond acceptors (Lipinski definition) is 7. The Morgan fingerprint density at radius 1 is 1.07 bits per heavy atom. The minimum Gasteiger partial charge on any atom is -0.493 e. The maximum Gasteiger partial charge on any atom is 0.284 e. The molecule has 4 rings (SSSR count). The van der Waals surface area contributed by atoms with Crippen LogP contribution < -0.4 is 20.3 Å². The fraction of sp³-hybridized carbons (Fsp3) is 0.150. The van der Waals surface area contributed by atoms with Crippen LogP contribution >= 0.6 is 0 Å². The van der Waals surface area contributed by atoms with Crippen molar-refractivity contribution in [2.45, 2.75) is 6.54 Å². The van der Waals surface area contributed by atoms with Crippen LogP contribution in [0.2, 0.25) is 0 Å². The number of fused-ring (bicyclic) bond motifs is 1. The second-order valence-corrected chi connectivity index (χ2v) is 6.30. The molecule has 0 aliphatic heterocycles. The predicted molar refractivity (Wildman–Crippen MR) is 109 cm³/mol. The van der Waals surface area contributed by atoms with E-state index in [1.54, 1.807) is 37.4 Å². The molecule has 2 aromatic heterocycles. The van der Waals surface area contributed by atoms with E-state index < -0.39 is 5.56 Å². The molecular formula is C20H18N6O4. The second-order valence-electron chi connectivity index (χ2n) is 6.30. The minimum absolute atomic E-state index is 0.0554. The van der Waals surface area contributed by atoms with E-state index in [0.29, 0.717) is 22.9 Å². The summed E-state index contributed by atoms with van der Waals surface area (Å²) in [6, 6.07) is 14.2. The first-order valence-corrected chi connectivity index (χ1v) is 8.99. The fourth-order valence-corrected chi connectivity index (χ4v) is 2.96. The third-order valence-corrected chi connectivity index (χ3v) is 4.41. The standard InChI is InChI=1S/C20H18N6O4/c1-29-15-9-8-14(10-16(15)30-2)26-19-18(23-24-26)20(28)25(12-21-19)11-17(27)22-13-6-4-3-5-7-13/h3-10,12H,11H2,1-2H3,(H,22,27). The highest BCUT2D eigenvalue weighted by Gasteiger charge is 2.16. The van der Waals surface area contributed by atoms with Crippen LogP contribution in [0.3, 0.4) is 0 Å². The first-order chi connectivity index (χ1) is 14.6. The number of nitrogens with one attached hydrogen (secondary N) is 1. The number of carbonyl (C=O) groups is 1. The Labute approximate surface area is 170 Å². The van der Waals surface area contributed by atoms with Crippen molar-refractivity contribution < 1.29 is 14.3 Å². The number of ether oxygens (including phenoxy) is 2. The molecule has 2 aromatic carbocycles. The Balaban J connectivity index is 1.64. The Kier molecular flexibility index (Phi) is 5.12. The van der Waals surface area contributed by atoms with Crippen molar-refractivity contribution in [3.63, 3.8) is 0 Å². The summed E-state index contributed by atoms with van der Waals surface area (Å²) in [7, 11) is 3.07. The van der Waals surface area contributed by atoms with E-state index in [1.807, 2.05) is 18.2 Å². The monoisotopic (exact) mass is 406 g/mol. The number of aromatic nitrogens is 5. The Hall–Kier alpha value is -4.21. The summed E-state index contributed by atoms with van der Waals surface area (Å²) in [6.07, 6.45) is 1.30. The van der Waals surface area contributed by atoms with Gasteiger partial charge in [0.15, 0.2) is 22.7 Å². The van der Waals surface area contributed by atoms with Crippen LogP contribution in [0.5, 0.6) is 11.5 Å². The molecule has 0 unspecified atom stereocenters. The molecule has 0 bridgehead atoms. The van der Waals surface area contributed by atoms with Gasteiger partial charge in [-0.3, -0.25) is 14.2 Å². The summed E-state index contributed by atoms with van der Waals surface area (Å²) in [5.74, 6) is 0.715. The van der Waals surface area contributed by atoms with E-state index in [2.05, 4.69) is 20.6 Å². The molecule has 1 amide bonds. The maximum absolute atomic E-state index is 12.8. The van der Waals surface area contributed by atoms with Gasteiger partial charge in [-0.15, -0.1) is 5.10 Å². The number of hydrogen-bond donors (Lipinski definition) is 1. The van der Waals surface area contributed by atoms with Crippen molar-refractivity contribution >= 4 is 22.8 Å². The molecule has 30 heavy (non-hydrogen) atoms. The first-order valence-electron chi connectivity index (χ1n) is 8.99. The molecule has 2 heterocycles. The minimum atomic E-state index is -0.463. The van der Waals surface area contributed by atoms with E-state index in [0.717, 1.165) is 0 Å². The topological polar surface area (TPSA) is 113 Å². The lowest BCUT2D eigenvalue weighted by molar-refractivity contribution is -0.116. The van der Waals surface area contributed by atoms with Gasteiger partial charge >= 0.3 is 0 Å². The number of nitrogens with zero attached hydrogens (tertiary/aromatic N) is 5. The lowest BCUT2D eigenvalue weighted by Crippen LogP contribution is -2.28. The average Bonchev–Trinajstić information content (AvgIpc) is 3.20. The predicted octanol–water partition coefficient (Wildman–Crippen LogP) is 1.63. The molecule has 0 fully saturated rings. The molecule has 0 aliphatic rings. The number of anilines is 1. The van der Waals surface area contributed by atoms with Crippen LogP contribution in [-0.4, -0.2) is 44.7 Å². The first kappa shape index (κ1) is 19.1. The fourth-order valence-electron chi connectivity index (χ4n) is 2.96. The van der Waals surface area contributed by atoms with Crippen molar-refractivity contribution in [3.8, 4) is 17.2 Å². The molecule has 10 nitrogen and oxygen atoms in total. The van der Waals surface area contributed by atoms with E-state index in [1.165, 1.54) is 22.7 Å². The highest BCUT2D eigenvalue weighted by molar-refractivity contribution is 5.90. The highest BCUT2D eigenvalue weighted by atomic mass is 16.5. The molecule has 0 aliphatic carbocycles. The molecular weight excluding hydrogens is 388 g/mol. The summed E-state index contributed by atoms with van der Waals surface area (Å²) in [5.41, 5.74) is 1.10. The van der Waals surface area contributed by atoms with Crippen LogP contribution in [0.25, 0.3) is 16.9 Å². The second kappa shape index (κ2) is 8.03. The summed E-state index contributed by atoms with van der Waals surface area (Å²) >= 11 is 0. The molecule has 152 valence electrons. The van der Waals surface area contributed by atoms with E-state index in [-0.39, 0.29) is 23.6 Å².